The molecule has 28 heavy (non-hydrogen) atoms. The second-order valence-electron chi connectivity index (χ2n) is 6.57. The quantitative estimate of drug-likeness (QED) is 0.656. The van der Waals surface area contributed by atoms with E-state index < -0.39 is 11.4 Å². The summed E-state index contributed by atoms with van der Waals surface area (Å²) in [6.07, 6.45) is 1.15. The van der Waals surface area contributed by atoms with Gasteiger partial charge in [-0.1, -0.05) is 43.3 Å². The van der Waals surface area contributed by atoms with Gasteiger partial charge in [-0.15, -0.1) is 0 Å². The molecule has 1 amide bonds. The number of hydrogen-bond donors (Lipinski definition) is 2. The lowest BCUT2D eigenvalue weighted by Gasteiger charge is -2.29. The zero-order valence-electron chi connectivity index (χ0n) is 16.5. The molecule has 2 N–H and O–H groups in total. The predicted octanol–water partition coefficient (Wildman–Crippen LogP) is 3.19. The van der Waals surface area contributed by atoms with Crippen LogP contribution in [0.3, 0.4) is 0 Å². The number of carboxylic acid groups (broad SMARTS) is 1. The van der Waals surface area contributed by atoms with Crippen LogP contribution in [0.1, 0.15) is 30.9 Å². The molecule has 0 fully saturated rings. The highest BCUT2D eigenvalue weighted by molar-refractivity contribution is 5.83. The number of ether oxygens (including phenoxy) is 2. The summed E-state index contributed by atoms with van der Waals surface area (Å²) in [4.78, 5) is 24.3. The summed E-state index contributed by atoms with van der Waals surface area (Å²) in [5.41, 5.74) is 0.487. The molecule has 0 spiro atoms. The topological polar surface area (TPSA) is 84.9 Å². The van der Waals surface area contributed by atoms with Crippen LogP contribution < -0.4 is 14.8 Å². The van der Waals surface area contributed by atoms with Crippen LogP contribution in [0, 0.1) is 0 Å². The van der Waals surface area contributed by atoms with Crippen LogP contribution in [-0.4, -0.2) is 37.7 Å². The maximum absolute atomic E-state index is 12.4. The minimum Gasteiger partial charge on any atom is -0.493 e. The van der Waals surface area contributed by atoms with E-state index in [1.807, 2.05) is 37.3 Å². The number of nitrogens with one attached hydrogen (secondary N) is 1. The van der Waals surface area contributed by atoms with E-state index in [9.17, 15) is 14.7 Å². The number of carbonyl (C=O) groups is 2. The first-order chi connectivity index (χ1) is 13.5. The molecule has 0 aliphatic carbocycles. The number of carboxylic acids is 1. The van der Waals surface area contributed by atoms with E-state index in [-0.39, 0.29) is 18.9 Å². The molecule has 0 saturated carbocycles. The number of hydrogen-bond acceptors (Lipinski definition) is 4. The van der Waals surface area contributed by atoms with Crippen molar-refractivity contribution in [3.63, 3.8) is 0 Å². The molecule has 150 valence electrons. The number of benzene rings is 2. The number of amides is 1. The van der Waals surface area contributed by atoms with Gasteiger partial charge in [0.05, 0.1) is 14.2 Å². The first-order valence-corrected chi connectivity index (χ1v) is 9.23. The van der Waals surface area contributed by atoms with Gasteiger partial charge in [-0.25, -0.2) is 0 Å². The van der Waals surface area contributed by atoms with E-state index in [1.165, 1.54) is 0 Å². The van der Waals surface area contributed by atoms with Crippen molar-refractivity contribution >= 4 is 11.9 Å². The fourth-order valence-corrected chi connectivity index (χ4v) is 3.17. The Balaban J connectivity index is 2.01. The van der Waals surface area contributed by atoms with Crippen molar-refractivity contribution in [1.82, 2.24) is 5.32 Å². The Kier molecular flexibility index (Phi) is 7.44. The summed E-state index contributed by atoms with van der Waals surface area (Å²) in [6.45, 7) is 1.87. The molecule has 0 aliphatic rings. The SMILES string of the molecule is CCC(CNC(=O)CCc1ccc(OC)c(OC)c1)(C(=O)O)c1ccccc1. The van der Waals surface area contributed by atoms with Gasteiger partial charge in [0.25, 0.3) is 0 Å². The highest BCUT2D eigenvalue weighted by atomic mass is 16.5. The molecular formula is C22H27NO5. The fourth-order valence-electron chi connectivity index (χ4n) is 3.17. The zero-order chi connectivity index (χ0) is 20.6. The molecule has 2 aromatic rings. The van der Waals surface area contributed by atoms with Crippen molar-refractivity contribution in [2.45, 2.75) is 31.6 Å². The maximum atomic E-state index is 12.4. The second-order valence-corrected chi connectivity index (χ2v) is 6.57. The summed E-state index contributed by atoms with van der Waals surface area (Å²) in [5.74, 6) is 0.110. The molecule has 0 aromatic heterocycles. The van der Waals surface area contributed by atoms with Crippen LogP contribution >= 0.6 is 0 Å². The van der Waals surface area contributed by atoms with Crippen molar-refractivity contribution in [3.05, 3.63) is 59.7 Å². The van der Waals surface area contributed by atoms with Gasteiger partial charge >= 0.3 is 5.97 Å². The largest absolute Gasteiger partial charge is 0.493 e. The molecule has 0 radical (unpaired) electrons. The predicted molar refractivity (Wildman–Crippen MR) is 107 cm³/mol. The molecule has 0 bridgehead atoms. The van der Waals surface area contributed by atoms with Crippen LogP contribution in [0.15, 0.2) is 48.5 Å². The van der Waals surface area contributed by atoms with Crippen LogP contribution in [0.2, 0.25) is 0 Å². The Morgan fingerprint density at radius 2 is 1.71 bits per heavy atom. The van der Waals surface area contributed by atoms with Gasteiger partial charge in [0.15, 0.2) is 11.5 Å². The molecule has 6 nitrogen and oxygen atoms in total. The van der Waals surface area contributed by atoms with E-state index in [4.69, 9.17) is 9.47 Å². The lowest BCUT2D eigenvalue weighted by Crippen LogP contribution is -2.46. The standard InChI is InChI=1S/C22H27NO5/c1-4-22(21(25)26,17-8-6-5-7-9-17)15-23-20(24)13-11-16-10-12-18(27-2)19(14-16)28-3/h5-10,12,14H,4,11,13,15H2,1-3H3,(H,23,24)(H,25,26). The average molecular weight is 385 g/mol. The second kappa shape index (κ2) is 9.78. The molecular weight excluding hydrogens is 358 g/mol. The Bertz CT molecular complexity index is 806. The molecule has 2 rings (SSSR count). The Morgan fingerprint density at radius 3 is 2.29 bits per heavy atom. The number of carbonyl (C=O) groups excluding carboxylic acids is 1. The average Bonchev–Trinajstić information content (AvgIpc) is 2.73. The summed E-state index contributed by atoms with van der Waals surface area (Å²) in [7, 11) is 3.13. The minimum atomic E-state index is -1.14. The highest BCUT2D eigenvalue weighted by Gasteiger charge is 2.38. The Morgan fingerprint density at radius 1 is 1.04 bits per heavy atom. The van der Waals surface area contributed by atoms with Gasteiger partial charge in [0.1, 0.15) is 5.41 Å². The maximum Gasteiger partial charge on any atom is 0.315 e. The third-order valence-corrected chi connectivity index (χ3v) is 5.02. The summed E-state index contributed by atoms with van der Waals surface area (Å²) in [5, 5.41) is 12.6. The molecule has 0 heterocycles. The van der Waals surface area contributed by atoms with E-state index in [0.29, 0.717) is 29.9 Å². The van der Waals surface area contributed by atoms with Gasteiger partial charge in [0.2, 0.25) is 5.91 Å². The molecule has 0 saturated heterocycles. The third kappa shape index (κ3) is 4.82. The molecule has 1 atom stereocenters. The summed E-state index contributed by atoms with van der Waals surface area (Å²) < 4.78 is 10.5. The number of rotatable bonds is 10. The smallest absolute Gasteiger partial charge is 0.315 e. The van der Waals surface area contributed by atoms with Crippen molar-refractivity contribution in [2.24, 2.45) is 0 Å². The van der Waals surface area contributed by atoms with Gasteiger partial charge in [-0.05, 0) is 36.1 Å². The van der Waals surface area contributed by atoms with Crippen molar-refractivity contribution in [3.8, 4) is 11.5 Å². The number of methoxy groups -OCH3 is 2. The summed E-state index contributed by atoms with van der Waals surface area (Å²) >= 11 is 0. The van der Waals surface area contributed by atoms with Gasteiger partial charge < -0.3 is 19.9 Å². The Labute approximate surface area is 165 Å². The van der Waals surface area contributed by atoms with Gasteiger partial charge in [-0.3, -0.25) is 9.59 Å². The molecule has 1 unspecified atom stereocenters. The van der Waals surface area contributed by atoms with Crippen molar-refractivity contribution < 1.29 is 24.2 Å². The van der Waals surface area contributed by atoms with Crippen LogP contribution in [-0.2, 0) is 21.4 Å². The monoisotopic (exact) mass is 385 g/mol. The number of aryl methyl sites for hydroxylation is 1. The minimum absolute atomic E-state index is 0.0492. The lowest BCUT2D eigenvalue weighted by atomic mass is 9.78. The van der Waals surface area contributed by atoms with E-state index >= 15 is 0 Å². The van der Waals surface area contributed by atoms with Gasteiger partial charge in [-0.2, -0.15) is 0 Å². The molecule has 6 heteroatoms. The normalized spacial score (nSPS) is 12.7. The molecule has 0 aliphatic heterocycles. The first-order valence-electron chi connectivity index (χ1n) is 9.23. The summed E-state index contributed by atoms with van der Waals surface area (Å²) in [6, 6.07) is 14.5. The fraction of sp³-hybridized carbons (Fsp3) is 0.364. The van der Waals surface area contributed by atoms with E-state index in [0.717, 1.165) is 5.56 Å². The number of aliphatic carboxylic acids is 1. The Hall–Kier alpha value is -3.02. The first kappa shape index (κ1) is 21.3. The van der Waals surface area contributed by atoms with Crippen LogP contribution in [0.25, 0.3) is 0 Å². The van der Waals surface area contributed by atoms with Crippen LogP contribution in [0.4, 0.5) is 0 Å². The zero-order valence-corrected chi connectivity index (χ0v) is 16.5. The van der Waals surface area contributed by atoms with Crippen molar-refractivity contribution in [2.75, 3.05) is 20.8 Å². The third-order valence-electron chi connectivity index (χ3n) is 5.02. The van der Waals surface area contributed by atoms with Crippen LogP contribution in [0.5, 0.6) is 11.5 Å². The molecule has 2 aromatic carbocycles. The van der Waals surface area contributed by atoms with E-state index in [1.54, 1.807) is 32.4 Å². The lowest BCUT2D eigenvalue weighted by molar-refractivity contribution is -0.144. The van der Waals surface area contributed by atoms with Gasteiger partial charge in [0, 0.05) is 13.0 Å². The highest BCUT2D eigenvalue weighted by Crippen LogP contribution is 2.29. The van der Waals surface area contributed by atoms with Crippen molar-refractivity contribution in [1.29, 1.82) is 0 Å². The van der Waals surface area contributed by atoms with E-state index in [2.05, 4.69) is 5.32 Å².